The van der Waals surface area contributed by atoms with Gasteiger partial charge >= 0.3 is 0 Å². The maximum absolute atomic E-state index is 8.67. The quantitative estimate of drug-likeness (QED) is 0.563. The van der Waals surface area contributed by atoms with Crippen LogP contribution in [0.2, 0.25) is 0 Å². The highest BCUT2D eigenvalue weighted by Crippen LogP contribution is 2.22. The van der Waals surface area contributed by atoms with E-state index in [4.69, 9.17) is 9.84 Å². The Morgan fingerprint density at radius 2 is 2.56 bits per heavy atom. The molecule has 0 aromatic heterocycles. The van der Waals surface area contributed by atoms with Crippen molar-refractivity contribution in [1.82, 2.24) is 0 Å². The summed E-state index contributed by atoms with van der Waals surface area (Å²) in [5.74, 6) is 0.364. The third kappa shape index (κ3) is 1.32. The van der Waals surface area contributed by atoms with Crippen LogP contribution in [0.1, 0.15) is 6.42 Å². The third-order valence-electron chi connectivity index (χ3n) is 1.68. The van der Waals surface area contributed by atoms with Gasteiger partial charge in [-0.25, -0.2) is 0 Å². The Hall–Kier alpha value is -0.340. The van der Waals surface area contributed by atoms with E-state index in [1.807, 2.05) is 6.08 Å². The van der Waals surface area contributed by atoms with Gasteiger partial charge in [-0.05, 0) is 6.42 Å². The smallest absolute Gasteiger partial charge is 0.0681 e. The number of hydrogen-bond donors (Lipinski definition) is 1. The van der Waals surface area contributed by atoms with Crippen molar-refractivity contribution in [2.45, 2.75) is 12.5 Å². The highest BCUT2D eigenvalue weighted by Gasteiger charge is 2.29. The van der Waals surface area contributed by atoms with E-state index >= 15 is 0 Å². The Balaban J connectivity index is 2.18. The molecule has 1 fully saturated rings. The fourth-order valence-electron chi connectivity index (χ4n) is 0.963. The van der Waals surface area contributed by atoms with E-state index in [-0.39, 0.29) is 12.7 Å². The van der Waals surface area contributed by atoms with E-state index in [9.17, 15) is 0 Å². The molecular weight excluding hydrogens is 116 g/mol. The Labute approximate surface area is 55.1 Å². The first-order chi connectivity index (χ1) is 4.38. The van der Waals surface area contributed by atoms with E-state index in [0.717, 1.165) is 13.0 Å². The lowest BCUT2D eigenvalue weighted by molar-refractivity contribution is -0.128. The van der Waals surface area contributed by atoms with Gasteiger partial charge in [0.2, 0.25) is 0 Å². The van der Waals surface area contributed by atoms with E-state index in [1.165, 1.54) is 0 Å². The normalized spacial score (nSPS) is 33.4. The standard InChI is InChI=1S/C7H12O2/c1-2-3-7-6(4-8)5-9-7/h2,6-8H,1,3-5H2. The number of rotatable bonds is 3. The molecule has 1 aliphatic heterocycles. The maximum Gasteiger partial charge on any atom is 0.0681 e. The summed E-state index contributed by atoms with van der Waals surface area (Å²) in [5, 5.41) is 8.67. The largest absolute Gasteiger partial charge is 0.396 e. The molecule has 1 aliphatic rings. The Bertz CT molecular complexity index is 99.1. The van der Waals surface area contributed by atoms with Gasteiger partial charge in [0.1, 0.15) is 0 Å². The van der Waals surface area contributed by atoms with Gasteiger partial charge in [-0.15, -0.1) is 6.58 Å². The molecule has 2 atom stereocenters. The highest BCUT2D eigenvalue weighted by molar-refractivity contribution is 4.84. The fraction of sp³-hybridized carbons (Fsp3) is 0.714. The first kappa shape index (κ1) is 6.78. The van der Waals surface area contributed by atoms with Crippen LogP contribution in [0.15, 0.2) is 12.7 Å². The molecule has 2 unspecified atom stereocenters. The number of ether oxygens (including phenoxy) is 1. The molecule has 1 rings (SSSR count). The van der Waals surface area contributed by atoms with E-state index in [1.54, 1.807) is 0 Å². The van der Waals surface area contributed by atoms with Crippen LogP contribution in [0.4, 0.5) is 0 Å². The van der Waals surface area contributed by atoms with Gasteiger partial charge in [0.15, 0.2) is 0 Å². The van der Waals surface area contributed by atoms with E-state index in [0.29, 0.717) is 5.92 Å². The van der Waals surface area contributed by atoms with Crippen molar-refractivity contribution >= 4 is 0 Å². The molecular formula is C7H12O2. The number of hydrogen-bond acceptors (Lipinski definition) is 2. The van der Waals surface area contributed by atoms with E-state index in [2.05, 4.69) is 6.58 Å². The Kier molecular flexibility index (Phi) is 2.25. The summed E-state index contributed by atoms with van der Waals surface area (Å²) in [4.78, 5) is 0. The Morgan fingerprint density at radius 3 is 2.89 bits per heavy atom. The highest BCUT2D eigenvalue weighted by atomic mass is 16.5. The zero-order valence-electron chi connectivity index (χ0n) is 5.42. The monoisotopic (exact) mass is 128 g/mol. The lowest BCUT2D eigenvalue weighted by atomic mass is 9.96. The zero-order valence-corrected chi connectivity index (χ0v) is 5.42. The molecule has 0 saturated carbocycles. The first-order valence-electron chi connectivity index (χ1n) is 3.22. The van der Waals surface area contributed by atoms with Crippen LogP contribution in [0.3, 0.4) is 0 Å². The number of aliphatic hydroxyl groups is 1. The number of aliphatic hydroxyl groups excluding tert-OH is 1. The molecule has 0 aromatic carbocycles. The van der Waals surface area contributed by atoms with Crippen molar-refractivity contribution in [3.05, 3.63) is 12.7 Å². The zero-order chi connectivity index (χ0) is 6.69. The predicted molar refractivity (Wildman–Crippen MR) is 35.1 cm³/mol. The molecule has 0 spiro atoms. The third-order valence-corrected chi connectivity index (χ3v) is 1.68. The van der Waals surface area contributed by atoms with E-state index < -0.39 is 0 Å². The molecule has 0 bridgehead atoms. The van der Waals surface area contributed by atoms with Gasteiger partial charge in [-0.2, -0.15) is 0 Å². The summed E-state index contributed by atoms with van der Waals surface area (Å²) < 4.78 is 5.14. The molecule has 0 amide bonds. The summed E-state index contributed by atoms with van der Waals surface area (Å²) in [6.45, 7) is 4.56. The lowest BCUT2D eigenvalue weighted by Gasteiger charge is -2.34. The van der Waals surface area contributed by atoms with Gasteiger partial charge in [-0.3, -0.25) is 0 Å². The molecule has 0 aliphatic carbocycles. The lowest BCUT2D eigenvalue weighted by Crippen LogP contribution is -2.41. The molecule has 52 valence electrons. The van der Waals surface area contributed by atoms with Gasteiger partial charge in [0.25, 0.3) is 0 Å². The van der Waals surface area contributed by atoms with Crippen LogP contribution < -0.4 is 0 Å². The molecule has 1 N–H and O–H groups in total. The van der Waals surface area contributed by atoms with Gasteiger partial charge in [0, 0.05) is 5.92 Å². The molecule has 2 heteroatoms. The predicted octanol–water partition coefficient (Wildman–Crippen LogP) is 0.570. The van der Waals surface area contributed by atoms with Crippen molar-refractivity contribution in [2.75, 3.05) is 13.2 Å². The summed E-state index contributed by atoms with van der Waals surface area (Å²) >= 11 is 0. The van der Waals surface area contributed by atoms with Gasteiger partial charge in [0.05, 0.1) is 19.3 Å². The first-order valence-corrected chi connectivity index (χ1v) is 3.22. The molecule has 2 nitrogen and oxygen atoms in total. The summed E-state index contributed by atoms with van der Waals surface area (Å²) in [6.07, 6.45) is 2.94. The minimum atomic E-state index is 0.243. The van der Waals surface area contributed by atoms with Crippen LogP contribution in [0.5, 0.6) is 0 Å². The van der Waals surface area contributed by atoms with Crippen molar-refractivity contribution in [3.63, 3.8) is 0 Å². The van der Waals surface area contributed by atoms with Crippen LogP contribution in [0, 0.1) is 5.92 Å². The average molecular weight is 128 g/mol. The van der Waals surface area contributed by atoms with Crippen LogP contribution in [-0.4, -0.2) is 24.4 Å². The minimum Gasteiger partial charge on any atom is -0.396 e. The molecule has 1 saturated heterocycles. The van der Waals surface area contributed by atoms with Crippen LogP contribution in [-0.2, 0) is 4.74 Å². The summed E-state index contributed by atoms with van der Waals surface area (Å²) in [6, 6.07) is 0. The average Bonchev–Trinajstić information content (AvgIpc) is 1.82. The van der Waals surface area contributed by atoms with Gasteiger partial charge in [-0.1, -0.05) is 6.08 Å². The molecule has 9 heavy (non-hydrogen) atoms. The maximum atomic E-state index is 8.67. The van der Waals surface area contributed by atoms with Crippen molar-refractivity contribution in [2.24, 2.45) is 5.92 Å². The Morgan fingerprint density at radius 1 is 1.78 bits per heavy atom. The summed E-state index contributed by atoms with van der Waals surface area (Å²) in [5.41, 5.74) is 0. The molecule has 1 heterocycles. The summed E-state index contributed by atoms with van der Waals surface area (Å²) in [7, 11) is 0. The van der Waals surface area contributed by atoms with Crippen LogP contribution in [0.25, 0.3) is 0 Å². The van der Waals surface area contributed by atoms with Gasteiger partial charge < -0.3 is 9.84 Å². The van der Waals surface area contributed by atoms with Crippen LogP contribution >= 0.6 is 0 Å². The second-order valence-electron chi connectivity index (χ2n) is 2.34. The molecule has 0 aromatic rings. The SMILES string of the molecule is C=CCC1OCC1CO. The van der Waals surface area contributed by atoms with Crippen molar-refractivity contribution < 1.29 is 9.84 Å². The second-order valence-corrected chi connectivity index (χ2v) is 2.34. The molecule has 0 radical (unpaired) electrons. The minimum absolute atomic E-state index is 0.243. The van der Waals surface area contributed by atoms with Crippen molar-refractivity contribution in [1.29, 1.82) is 0 Å². The second kappa shape index (κ2) is 2.99. The fourth-order valence-corrected chi connectivity index (χ4v) is 0.963. The van der Waals surface area contributed by atoms with Crippen molar-refractivity contribution in [3.8, 4) is 0 Å². The topological polar surface area (TPSA) is 29.5 Å².